The lowest BCUT2D eigenvalue weighted by Crippen LogP contribution is -1.82. The third-order valence-electron chi connectivity index (χ3n) is 0. The molecule has 0 heterocycles. The highest BCUT2D eigenvalue weighted by molar-refractivity contribution is 5.10. The van der Waals surface area contributed by atoms with Crippen molar-refractivity contribution in [2.75, 3.05) is 0 Å². The van der Waals surface area contributed by atoms with E-state index in [2.05, 4.69) is 0 Å². The van der Waals surface area contributed by atoms with E-state index in [-0.39, 0.29) is 0 Å². The molecule has 0 aliphatic heterocycles. The Hall–Kier alpha value is -0.930. The fourth-order valence-corrected chi connectivity index (χ4v) is 0. The minimum atomic E-state index is 1.75. The standard InChI is InChI=1S/CH2O.O3/c1-2;1-3-2/h1H2;. The molecule has 0 aliphatic carbocycles. The highest BCUT2D eigenvalue weighted by atomic mass is 17.2. The van der Waals surface area contributed by atoms with Gasteiger partial charge < -0.3 is 4.79 Å². The van der Waals surface area contributed by atoms with Gasteiger partial charge in [0, 0.05) is 0 Å². The summed E-state index contributed by atoms with van der Waals surface area (Å²) in [4.78, 5) is 15.9. The van der Waals surface area contributed by atoms with E-state index in [1.165, 1.54) is 0 Å². The van der Waals surface area contributed by atoms with Crippen molar-refractivity contribution in [1.82, 2.24) is 0 Å². The Balaban J connectivity index is 0. The Morgan fingerprint density at radius 3 is 1.60 bits per heavy atom. The van der Waals surface area contributed by atoms with Gasteiger partial charge in [0.15, 0.2) is 4.75 Å². The topological polar surface area (TPSA) is 68.5 Å². The number of carbonyl (C=O) groups excluding carboxylic acids is 1. The molecule has 4 heteroatoms. The van der Waals surface area contributed by atoms with Crippen LogP contribution in [0.15, 0.2) is 0 Å². The lowest BCUT2D eigenvalue weighted by Gasteiger charge is -1.19. The zero-order valence-electron chi connectivity index (χ0n) is 2.34. The first-order valence-corrected chi connectivity index (χ1v) is 0.622. The molecule has 0 aromatic rings. The van der Waals surface area contributed by atoms with Crippen LogP contribution in [0.3, 0.4) is 0 Å². The van der Waals surface area contributed by atoms with Crippen LogP contribution in [0.1, 0.15) is 0 Å². The molecule has 0 amide bonds. The van der Waals surface area contributed by atoms with Gasteiger partial charge in [-0.3, -0.25) is 0 Å². The van der Waals surface area contributed by atoms with E-state index < -0.39 is 0 Å². The molecule has 0 N–H and O–H groups in total. The van der Waals surface area contributed by atoms with Crippen molar-refractivity contribution in [2.45, 2.75) is 0 Å². The lowest BCUT2D eigenvalue weighted by atomic mass is 11.9. The van der Waals surface area contributed by atoms with E-state index in [0.29, 0.717) is 0 Å². The van der Waals surface area contributed by atoms with Gasteiger partial charge in [0.2, 0.25) is 0 Å². The van der Waals surface area contributed by atoms with Gasteiger partial charge >= 0.3 is 0 Å². The van der Waals surface area contributed by atoms with Gasteiger partial charge in [-0.25, -0.2) is 0 Å². The molecule has 0 rings (SSSR count). The summed E-state index contributed by atoms with van der Waals surface area (Å²) in [6, 6.07) is 0. The molecule has 0 atom stereocenters. The second-order valence-electron chi connectivity index (χ2n) is 0.0680. The maximum absolute atomic E-state index is 8.00. The second-order valence-corrected chi connectivity index (χ2v) is 0.0680. The van der Waals surface area contributed by atoms with Gasteiger partial charge in [0.05, 0.1) is 0 Å². The van der Waals surface area contributed by atoms with Gasteiger partial charge in [-0.15, -0.1) is 0 Å². The highest BCUT2D eigenvalue weighted by Crippen LogP contribution is 1.00. The molecule has 5 heavy (non-hydrogen) atoms. The largest absolute Gasteiger partial charge is 0.307 e. The Kier molecular flexibility index (Phi) is 4810. The average molecular weight is 78.0 g/mol. The summed E-state index contributed by atoms with van der Waals surface area (Å²) in [7, 11) is 0. The fraction of sp³-hybridized carbons (Fsp3) is 0. The van der Waals surface area contributed by atoms with Crippen LogP contribution in [0.4, 0.5) is 0 Å². The third kappa shape index (κ3) is 4.06. The van der Waals surface area contributed by atoms with E-state index in [1.807, 2.05) is 6.79 Å². The molecule has 4 nitrogen and oxygen atoms in total. The van der Waals surface area contributed by atoms with Crippen molar-refractivity contribution in [3.8, 4) is 0 Å². The van der Waals surface area contributed by atoms with Gasteiger partial charge in [-0.05, 0) is 0 Å². The first-order valence-electron chi connectivity index (χ1n) is 0.622. The summed E-state index contributed by atoms with van der Waals surface area (Å²) in [6.45, 7) is 2.00. The smallest absolute Gasteiger partial charge is 0.154 e. The van der Waals surface area contributed by atoms with Crippen LogP contribution in [0.2, 0.25) is 0 Å². The van der Waals surface area contributed by atoms with E-state index in [0.717, 1.165) is 0 Å². The SMILES string of the molecule is C=O.O=[O+][O-]. The van der Waals surface area contributed by atoms with E-state index >= 15 is 0 Å². The molecule has 0 aromatic heterocycles. The molecule has 0 radical (unpaired) electrons. The van der Waals surface area contributed by atoms with Crippen molar-refractivity contribution in [1.29, 1.82) is 0 Å². The Morgan fingerprint density at radius 1 is 1.60 bits per heavy atom. The Labute approximate surface area is 27.9 Å². The zero-order valence-corrected chi connectivity index (χ0v) is 2.34. The maximum Gasteiger partial charge on any atom is 0.154 e. The van der Waals surface area contributed by atoms with Gasteiger partial charge in [-0.1, -0.05) is 10.2 Å². The molecule has 0 bridgehead atoms. The highest BCUT2D eigenvalue weighted by Gasteiger charge is 1.27. The van der Waals surface area contributed by atoms with Crippen molar-refractivity contribution in [3.63, 3.8) is 0 Å². The zero-order chi connectivity index (χ0) is 4.71. The molecule has 0 fully saturated rings. The van der Waals surface area contributed by atoms with Crippen LogP contribution in [0.25, 0.3) is 0 Å². The Morgan fingerprint density at radius 2 is 1.60 bits per heavy atom. The molecule has 0 aromatic carbocycles. The average Bonchev–Trinajstić information content (AvgIpc) is 1.46. The number of hydrogen-bond donors (Lipinski definition) is 0. The van der Waals surface area contributed by atoms with Crippen LogP contribution in [-0.2, 0) is 4.79 Å². The molecule has 0 aliphatic rings. The van der Waals surface area contributed by atoms with Crippen molar-refractivity contribution >= 4 is 6.79 Å². The first kappa shape index (κ1) is 8.95. The summed E-state index contributed by atoms with van der Waals surface area (Å²) in [5.41, 5.74) is 0. The molecule has 0 spiro atoms. The molecule has 0 saturated carbocycles. The number of carbonyl (C=O) groups is 1. The van der Waals surface area contributed by atoms with Crippen molar-refractivity contribution < 1.29 is 10.1 Å². The predicted molar refractivity (Wildman–Crippen MR) is 13.9 cm³/mol. The molecule has 0 unspecified atom stereocenters. The van der Waals surface area contributed by atoms with Crippen molar-refractivity contribution in [2.24, 2.45) is 0 Å². The van der Waals surface area contributed by atoms with E-state index in [4.69, 9.17) is 15.0 Å². The van der Waals surface area contributed by atoms with Crippen LogP contribution < -0.4 is 5.26 Å². The maximum atomic E-state index is 8.00. The van der Waals surface area contributed by atoms with Gasteiger partial charge in [-0.2, -0.15) is 0 Å². The minimum absolute atomic E-state index is 1.75. The first-order chi connectivity index (χ1) is 2.41. The number of rotatable bonds is 0. The van der Waals surface area contributed by atoms with Crippen LogP contribution in [0, 0.1) is 9.71 Å². The molecule has 0 saturated heterocycles. The number of hydrogen-bond acceptors (Lipinski definition) is 3. The summed E-state index contributed by atoms with van der Waals surface area (Å²) in [6.07, 6.45) is 0. The lowest BCUT2D eigenvalue weighted by molar-refractivity contribution is -0.284. The second kappa shape index (κ2) is 2680. The summed E-state index contributed by atoms with van der Waals surface area (Å²) >= 11 is 0. The quantitative estimate of drug-likeness (QED) is 0.205. The minimum Gasteiger partial charge on any atom is -0.307 e. The van der Waals surface area contributed by atoms with Crippen LogP contribution in [0.5, 0.6) is 0 Å². The molecule has 30 valence electrons. The van der Waals surface area contributed by atoms with Gasteiger partial charge in [0.1, 0.15) is 6.79 Å². The van der Waals surface area contributed by atoms with E-state index in [9.17, 15) is 0 Å². The fourth-order valence-electron chi connectivity index (χ4n) is 0. The van der Waals surface area contributed by atoms with E-state index in [1.54, 1.807) is 4.75 Å². The summed E-state index contributed by atoms with van der Waals surface area (Å²) in [5, 5.41) is 7.88. The van der Waals surface area contributed by atoms with Crippen LogP contribution in [-0.4, -0.2) is 6.79 Å². The Bertz CT molecular complexity index is 17.6. The summed E-state index contributed by atoms with van der Waals surface area (Å²) < 4.78 is 1.75. The third-order valence-corrected chi connectivity index (χ3v) is 0. The molecular formula is CH2O4. The van der Waals surface area contributed by atoms with Crippen molar-refractivity contribution in [3.05, 3.63) is 9.71 Å². The normalized spacial score (nSPS) is 3.20. The van der Waals surface area contributed by atoms with Crippen LogP contribution >= 0.6 is 0 Å². The summed E-state index contributed by atoms with van der Waals surface area (Å²) in [5.74, 6) is 0. The monoisotopic (exact) mass is 78.0 g/mol. The molecular weight excluding hydrogens is 76.0 g/mol. The van der Waals surface area contributed by atoms with Gasteiger partial charge in [0.25, 0.3) is 0 Å². The predicted octanol–water partition coefficient (Wildman–Crippen LogP) is -1.31.